The maximum absolute atomic E-state index is 12.3. The molecular weight excluding hydrogens is 500 g/mol. The number of halogens is 1. The van der Waals surface area contributed by atoms with Gasteiger partial charge in [-0.2, -0.15) is 0 Å². The second kappa shape index (κ2) is 9.86. The number of aromatic nitrogens is 3. The predicted molar refractivity (Wildman–Crippen MR) is 115 cm³/mol. The van der Waals surface area contributed by atoms with E-state index in [4.69, 9.17) is 18.3 Å². The van der Waals surface area contributed by atoms with E-state index in [9.17, 15) is 9.59 Å². The van der Waals surface area contributed by atoms with E-state index < -0.39 is 18.2 Å². The van der Waals surface area contributed by atoms with Gasteiger partial charge in [0.25, 0.3) is 0 Å². The molecule has 1 N–H and O–H groups in total. The lowest BCUT2D eigenvalue weighted by atomic mass is 10.3. The van der Waals surface area contributed by atoms with E-state index in [1.165, 1.54) is 25.9 Å². The van der Waals surface area contributed by atoms with Crippen LogP contribution in [0.25, 0.3) is 17.3 Å². The van der Waals surface area contributed by atoms with Crippen LogP contribution in [0.2, 0.25) is 0 Å². The zero-order valence-corrected chi connectivity index (χ0v) is 19.2. The minimum atomic E-state index is -0.684. The number of pyridine rings is 1. The van der Waals surface area contributed by atoms with Gasteiger partial charge in [-0.3, -0.25) is 0 Å². The number of nitrogens with one attached hydrogen (secondary N) is 1. The summed E-state index contributed by atoms with van der Waals surface area (Å²) >= 11 is 3.37. The summed E-state index contributed by atoms with van der Waals surface area (Å²) in [5, 5.41) is 3.03. The molecule has 0 amide bonds. The van der Waals surface area contributed by atoms with Crippen LogP contribution in [0, 0.1) is 0 Å². The third kappa shape index (κ3) is 5.06. The lowest BCUT2D eigenvalue weighted by Gasteiger charge is -2.07. The van der Waals surface area contributed by atoms with Crippen molar-refractivity contribution in [3.8, 4) is 11.6 Å². The van der Waals surface area contributed by atoms with E-state index >= 15 is 0 Å². The first-order valence-electron chi connectivity index (χ1n) is 9.95. The van der Waals surface area contributed by atoms with Crippen molar-refractivity contribution in [3.05, 3.63) is 58.4 Å². The van der Waals surface area contributed by atoms with Crippen LogP contribution in [0.4, 0.5) is 0 Å². The predicted octanol–water partition coefficient (Wildman–Crippen LogP) is 3.85. The third-order valence-electron chi connectivity index (χ3n) is 4.48. The third-order valence-corrected chi connectivity index (χ3v) is 4.94. The van der Waals surface area contributed by atoms with Gasteiger partial charge in [0.05, 0.1) is 13.7 Å². The van der Waals surface area contributed by atoms with Crippen LogP contribution in [0.3, 0.4) is 0 Å². The monoisotopic (exact) mass is 518 g/mol. The molecule has 1 aliphatic rings. The quantitative estimate of drug-likeness (QED) is 0.343. The Morgan fingerprint density at radius 1 is 1.09 bits per heavy atom. The first kappa shape index (κ1) is 22.5. The second-order valence-electron chi connectivity index (χ2n) is 6.84. The molecule has 0 saturated carbocycles. The number of hydrogen-bond acceptors (Lipinski definition) is 11. The molecule has 11 nitrogen and oxygen atoms in total. The molecule has 0 fully saturated rings. The Labute approximate surface area is 196 Å². The number of ether oxygens (including phenoxy) is 3. The van der Waals surface area contributed by atoms with Crippen LogP contribution >= 0.6 is 15.9 Å². The highest BCUT2D eigenvalue weighted by Gasteiger charge is 2.27. The molecule has 3 aromatic heterocycles. The van der Waals surface area contributed by atoms with E-state index in [1.54, 1.807) is 12.1 Å². The van der Waals surface area contributed by atoms with Crippen molar-refractivity contribution in [3.63, 3.8) is 0 Å². The first-order valence-corrected chi connectivity index (χ1v) is 10.7. The average molecular weight is 519 g/mol. The van der Waals surface area contributed by atoms with Crippen LogP contribution < -0.4 is 5.32 Å². The molecule has 0 radical (unpaired) electrons. The number of hydrogen-bond donors (Lipinski definition) is 1. The summed E-state index contributed by atoms with van der Waals surface area (Å²) in [5.41, 5.74) is 1.36. The highest BCUT2D eigenvalue weighted by atomic mass is 79.9. The molecule has 172 valence electrons. The van der Waals surface area contributed by atoms with E-state index in [-0.39, 0.29) is 23.2 Å². The minimum Gasteiger partial charge on any atom is -0.470 e. The van der Waals surface area contributed by atoms with Gasteiger partial charge in [0, 0.05) is 4.47 Å². The molecule has 0 spiro atoms. The van der Waals surface area contributed by atoms with Gasteiger partial charge < -0.3 is 28.4 Å². The summed E-state index contributed by atoms with van der Waals surface area (Å²) in [7, 11) is 1.25. The van der Waals surface area contributed by atoms with Gasteiger partial charge in [0.1, 0.15) is 41.6 Å². The lowest BCUT2D eigenvalue weighted by molar-refractivity contribution is 0.0492. The molecule has 0 bridgehead atoms. The summed E-state index contributed by atoms with van der Waals surface area (Å²) in [6, 6.07) is 3.24. The smallest absolute Gasteiger partial charge is 0.360 e. The zero-order chi connectivity index (χ0) is 23.4. The fourth-order valence-corrected chi connectivity index (χ4v) is 3.25. The van der Waals surface area contributed by atoms with Gasteiger partial charge in [0.15, 0.2) is 5.69 Å². The van der Waals surface area contributed by atoms with Crippen molar-refractivity contribution in [1.29, 1.82) is 0 Å². The number of methoxy groups -OCH3 is 1. The van der Waals surface area contributed by atoms with Crippen LogP contribution in [0.15, 0.2) is 44.2 Å². The number of carbonyl (C=O) groups is 2. The van der Waals surface area contributed by atoms with Crippen molar-refractivity contribution in [2.24, 2.45) is 0 Å². The molecule has 12 heteroatoms. The molecule has 1 unspecified atom stereocenters. The SMILES string of the molecule is CCCCOC(=O)c1cc(Br)cc(-c2nc(C3NC(c4nc(C(=O)OC)co4)=CO3)co2)n1. The Morgan fingerprint density at radius 2 is 1.91 bits per heavy atom. The van der Waals surface area contributed by atoms with Crippen molar-refractivity contribution in [2.45, 2.75) is 26.0 Å². The highest BCUT2D eigenvalue weighted by molar-refractivity contribution is 9.10. The summed E-state index contributed by atoms with van der Waals surface area (Å²) in [4.78, 5) is 36.6. The van der Waals surface area contributed by atoms with E-state index in [1.807, 2.05) is 6.92 Å². The Bertz CT molecular complexity index is 1200. The number of unbranched alkanes of at least 4 members (excludes halogenated alkanes) is 1. The Balaban J connectivity index is 1.46. The molecule has 3 aromatic rings. The molecule has 4 heterocycles. The largest absolute Gasteiger partial charge is 0.470 e. The number of carbonyl (C=O) groups excluding carboxylic acids is 2. The van der Waals surface area contributed by atoms with Crippen LogP contribution in [0.5, 0.6) is 0 Å². The number of esters is 2. The van der Waals surface area contributed by atoms with Gasteiger partial charge in [-0.15, -0.1) is 0 Å². The van der Waals surface area contributed by atoms with Gasteiger partial charge in [-0.1, -0.05) is 29.3 Å². The molecule has 4 rings (SSSR count). The van der Waals surface area contributed by atoms with E-state index in [0.717, 1.165) is 12.8 Å². The van der Waals surface area contributed by atoms with Gasteiger partial charge in [-0.05, 0) is 18.6 Å². The Kier molecular flexibility index (Phi) is 6.73. The Hall–Kier alpha value is -3.67. The molecular formula is C21H19BrN4O7. The number of rotatable bonds is 8. The second-order valence-corrected chi connectivity index (χ2v) is 7.76. The topological polar surface area (TPSA) is 139 Å². The van der Waals surface area contributed by atoms with Crippen LogP contribution in [-0.4, -0.2) is 40.6 Å². The van der Waals surface area contributed by atoms with Crippen molar-refractivity contribution < 1.29 is 32.6 Å². The van der Waals surface area contributed by atoms with Gasteiger partial charge >= 0.3 is 11.9 Å². The normalized spacial score (nSPS) is 14.9. The van der Waals surface area contributed by atoms with Crippen LogP contribution in [0.1, 0.15) is 58.6 Å². The number of oxazole rings is 2. The summed E-state index contributed by atoms with van der Waals surface area (Å²) < 4.78 is 26.9. The van der Waals surface area contributed by atoms with E-state index in [0.29, 0.717) is 28.2 Å². The molecule has 0 aliphatic carbocycles. The fourth-order valence-electron chi connectivity index (χ4n) is 2.82. The fraction of sp³-hybridized carbons (Fsp3) is 0.286. The van der Waals surface area contributed by atoms with E-state index in [2.05, 4.69) is 40.9 Å². The highest BCUT2D eigenvalue weighted by Crippen LogP contribution is 2.29. The van der Waals surface area contributed by atoms with Crippen molar-refractivity contribution >= 4 is 33.6 Å². The summed E-state index contributed by atoms with van der Waals surface area (Å²) in [6.45, 7) is 2.34. The van der Waals surface area contributed by atoms with Gasteiger partial charge in [0.2, 0.25) is 18.0 Å². The standard InChI is InChI=1S/C21H19BrN4O7/c1-3-4-5-30-21(28)13-7-11(22)6-12(23-13)17-24-14(8-31-17)18-25-15(9-32-18)19-26-16(10-33-19)20(27)29-2/h6-10,18,25H,3-5H2,1-2H3. The molecule has 0 aromatic carbocycles. The molecule has 33 heavy (non-hydrogen) atoms. The summed E-state index contributed by atoms with van der Waals surface area (Å²) in [5.74, 6) is -0.791. The minimum absolute atomic E-state index is 0.0344. The molecule has 1 atom stereocenters. The zero-order valence-electron chi connectivity index (χ0n) is 17.7. The maximum Gasteiger partial charge on any atom is 0.360 e. The lowest BCUT2D eigenvalue weighted by Crippen LogP contribution is -2.15. The Morgan fingerprint density at radius 3 is 2.70 bits per heavy atom. The average Bonchev–Trinajstić information content (AvgIpc) is 3.58. The van der Waals surface area contributed by atoms with Crippen LogP contribution in [-0.2, 0) is 14.2 Å². The maximum atomic E-state index is 12.3. The van der Waals surface area contributed by atoms with Crippen molar-refractivity contribution in [1.82, 2.24) is 20.3 Å². The van der Waals surface area contributed by atoms with Crippen molar-refractivity contribution in [2.75, 3.05) is 13.7 Å². The molecule has 1 aliphatic heterocycles. The van der Waals surface area contributed by atoms with Gasteiger partial charge in [-0.25, -0.2) is 24.5 Å². The number of nitrogens with zero attached hydrogens (tertiary/aromatic N) is 3. The summed E-state index contributed by atoms with van der Waals surface area (Å²) in [6.07, 6.45) is 5.00. The molecule has 0 saturated heterocycles. The first-order chi connectivity index (χ1) is 16.0.